The van der Waals surface area contributed by atoms with Crippen LogP contribution in [0.4, 0.5) is 0 Å². The Morgan fingerprint density at radius 1 is 1.11 bits per heavy atom. The van der Waals surface area contributed by atoms with Gasteiger partial charge in [0.25, 0.3) is 5.91 Å². The maximum absolute atomic E-state index is 12.7. The van der Waals surface area contributed by atoms with Gasteiger partial charge in [0, 0.05) is 5.39 Å². The highest BCUT2D eigenvalue weighted by Gasteiger charge is 2.16. The maximum atomic E-state index is 12.7. The molecule has 0 unspecified atom stereocenters. The first kappa shape index (κ1) is 17.1. The molecule has 0 radical (unpaired) electrons. The van der Waals surface area contributed by atoms with Gasteiger partial charge in [-0.15, -0.1) is 0 Å². The SMILES string of the molecule is CCc1c(C(=O)NCc2cc3ccccc3o2)cnn1Cc1ccccc1. The third-order valence-electron chi connectivity index (χ3n) is 4.60. The van der Waals surface area contributed by atoms with Gasteiger partial charge in [-0.2, -0.15) is 5.10 Å². The first-order valence-corrected chi connectivity index (χ1v) is 9.09. The summed E-state index contributed by atoms with van der Waals surface area (Å²) in [6.45, 7) is 3.04. The molecular formula is C22H21N3O2. The van der Waals surface area contributed by atoms with Crippen molar-refractivity contribution in [2.24, 2.45) is 0 Å². The first-order chi connectivity index (χ1) is 13.2. The number of amides is 1. The van der Waals surface area contributed by atoms with Crippen LogP contribution in [0.1, 0.15) is 34.3 Å². The third kappa shape index (κ3) is 3.62. The smallest absolute Gasteiger partial charge is 0.255 e. The summed E-state index contributed by atoms with van der Waals surface area (Å²) in [5, 5.41) is 8.40. The number of hydrogen-bond donors (Lipinski definition) is 1. The minimum absolute atomic E-state index is 0.133. The number of aromatic nitrogens is 2. The van der Waals surface area contributed by atoms with E-state index in [9.17, 15) is 4.79 Å². The molecule has 5 nitrogen and oxygen atoms in total. The zero-order valence-corrected chi connectivity index (χ0v) is 15.2. The quantitative estimate of drug-likeness (QED) is 0.562. The molecule has 0 aliphatic heterocycles. The second-order valence-electron chi connectivity index (χ2n) is 6.43. The standard InChI is InChI=1S/C22H21N3O2/c1-2-20-19(14-24-25(20)15-16-8-4-3-5-9-16)22(26)23-13-18-12-17-10-6-7-11-21(17)27-18/h3-12,14H,2,13,15H2,1H3,(H,23,26). The van der Waals surface area contributed by atoms with Crippen molar-refractivity contribution in [2.75, 3.05) is 0 Å². The topological polar surface area (TPSA) is 60.1 Å². The van der Waals surface area contributed by atoms with E-state index >= 15 is 0 Å². The number of para-hydroxylation sites is 1. The molecular weight excluding hydrogens is 338 g/mol. The molecule has 0 aliphatic carbocycles. The summed E-state index contributed by atoms with van der Waals surface area (Å²) in [6.07, 6.45) is 2.38. The summed E-state index contributed by atoms with van der Waals surface area (Å²) in [5.41, 5.74) is 3.53. The molecule has 1 amide bonds. The normalized spacial score (nSPS) is 11.0. The molecule has 2 aromatic heterocycles. The van der Waals surface area contributed by atoms with E-state index in [0.29, 0.717) is 18.7 Å². The van der Waals surface area contributed by atoms with Crippen molar-refractivity contribution < 1.29 is 9.21 Å². The Morgan fingerprint density at radius 2 is 1.89 bits per heavy atom. The zero-order chi connectivity index (χ0) is 18.6. The van der Waals surface area contributed by atoms with Crippen LogP contribution < -0.4 is 5.32 Å². The lowest BCUT2D eigenvalue weighted by atomic mass is 10.1. The summed E-state index contributed by atoms with van der Waals surface area (Å²) in [7, 11) is 0. The predicted molar refractivity (Wildman–Crippen MR) is 105 cm³/mol. The van der Waals surface area contributed by atoms with Crippen molar-refractivity contribution in [1.82, 2.24) is 15.1 Å². The van der Waals surface area contributed by atoms with Crippen molar-refractivity contribution in [3.63, 3.8) is 0 Å². The minimum Gasteiger partial charge on any atom is -0.459 e. The van der Waals surface area contributed by atoms with Gasteiger partial charge < -0.3 is 9.73 Å². The largest absolute Gasteiger partial charge is 0.459 e. The van der Waals surface area contributed by atoms with E-state index in [-0.39, 0.29) is 5.91 Å². The second kappa shape index (κ2) is 7.50. The molecule has 2 heterocycles. The summed E-state index contributed by atoms with van der Waals surface area (Å²) in [5.74, 6) is 0.603. The zero-order valence-electron chi connectivity index (χ0n) is 15.2. The van der Waals surface area contributed by atoms with Crippen LogP contribution in [0.3, 0.4) is 0 Å². The van der Waals surface area contributed by atoms with Crippen LogP contribution in [-0.2, 0) is 19.5 Å². The van der Waals surface area contributed by atoms with Crippen LogP contribution in [0.2, 0.25) is 0 Å². The monoisotopic (exact) mass is 359 g/mol. The van der Waals surface area contributed by atoms with Gasteiger partial charge in [-0.05, 0) is 24.1 Å². The Labute approximate surface area is 157 Å². The van der Waals surface area contributed by atoms with Crippen molar-refractivity contribution in [1.29, 1.82) is 0 Å². The van der Waals surface area contributed by atoms with Crippen LogP contribution in [0.15, 0.2) is 71.3 Å². The van der Waals surface area contributed by atoms with E-state index in [1.54, 1.807) is 6.20 Å². The molecule has 4 rings (SSSR count). The Morgan fingerprint density at radius 3 is 2.67 bits per heavy atom. The van der Waals surface area contributed by atoms with E-state index in [1.807, 2.05) is 60.1 Å². The summed E-state index contributed by atoms with van der Waals surface area (Å²) >= 11 is 0. The number of carbonyl (C=O) groups is 1. The predicted octanol–water partition coefficient (Wildman–Crippen LogP) is 4.17. The molecule has 0 atom stereocenters. The van der Waals surface area contributed by atoms with Gasteiger partial charge in [-0.3, -0.25) is 9.48 Å². The number of nitrogens with zero attached hydrogens (tertiary/aromatic N) is 2. The van der Waals surface area contributed by atoms with Crippen LogP contribution in [0, 0.1) is 0 Å². The van der Waals surface area contributed by atoms with E-state index in [2.05, 4.69) is 22.5 Å². The summed E-state index contributed by atoms with van der Waals surface area (Å²) in [4.78, 5) is 12.7. The lowest BCUT2D eigenvalue weighted by molar-refractivity contribution is 0.0947. The van der Waals surface area contributed by atoms with Crippen LogP contribution in [-0.4, -0.2) is 15.7 Å². The highest BCUT2D eigenvalue weighted by atomic mass is 16.3. The van der Waals surface area contributed by atoms with Gasteiger partial charge in [0.15, 0.2) is 0 Å². The van der Waals surface area contributed by atoms with Crippen LogP contribution >= 0.6 is 0 Å². The van der Waals surface area contributed by atoms with Crippen LogP contribution in [0.5, 0.6) is 0 Å². The molecule has 27 heavy (non-hydrogen) atoms. The van der Waals surface area contributed by atoms with Crippen molar-refractivity contribution >= 4 is 16.9 Å². The van der Waals surface area contributed by atoms with E-state index in [0.717, 1.165) is 34.4 Å². The number of furan rings is 1. The van der Waals surface area contributed by atoms with E-state index < -0.39 is 0 Å². The van der Waals surface area contributed by atoms with Gasteiger partial charge >= 0.3 is 0 Å². The van der Waals surface area contributed by atoms with Gasteiger partial charge in [0.1, 0.15) is 11.3 Å². The van der Waals surface area contributed by atoms with Gasteiger partial charge in [0.05, 0.1) is 30.5 Å². The summed E-state index contributed by atoms with van der Waals surface area (Å²) in [6, 6.07) is 19.9. The minimum atomic E-state index is -0.133. The second-order valence-corrected chi connectivity index (χ2v) is 6.43. The fraction of sp³-hybridized carbons (Fsp3) is 0.182. The third-order valence-corrected chi connectivity index (χ3v) is 4.60. The van der Waals surface area contributed by atoms with Crippen molar-refractivity contribution in [2.45, 2.75) is 26.4 Å². The number of benzene rings is 2. The lowest BCUT2D eigenvalue weighted by Gasteiger charge is -2.08. The first-order valence-electron chi connectivity index (χ1n) is 9.09. The summed E-state index contributed by atoms with van der Waals surface area (Å²) < 4.78 is 7.65. The number of fused-ring (bicyclic) bond motifs is 1. The van der Waals surface area contributed by atoms with Crippen molar-refractivity contribution in [3.05, 3.63) is 89.4 Å². The number of hydrogen-bond acceptors (Lipinski definition) is 3. The molecule has 0 saturated carbocycles. The fourth-order valence-corrected chi connectivity index (χ4v) is 3.25. The van der Waals surface area contributed by atoms with Crippen molar-refractivity contribution in [3.8, 4) is 0 Å². The molecule has 0 saturated heterocycles. The Hall–Kier alpha value is -3.34. The number of rotatable bonds is 6. The van der Waals surface area contributed by atoms with Gasteiger partial charge in [-0.1, -0.05) is 55.5 Å². The van der Waals surface area contributed by atoms with Gasteiger partial charge in [-0.25, -0.2) is 0 Å². The fourth-order valence-electron chi connectivity index (χ4n) is 3.25. The van der Waals surface area contributed by atoms with Gasteiger partial charge in [0.2, 0.25) is 0 Å². The molecule has 1 N–H and O–H groups in total. The Kier molecular flexibility index (Phi) is 4.75. The molecule has 0 aliphatic rings. The average molecular weight is 359 g/mol. The molecule has 136 valence electrons. The number of nitrogens with one attached hydrogen (secondary N) is 1. The van der Waals surface area contributed by atoms with Crippen LogP contribution in [0.25, 0.3) is 11.0 Å². The maximum Gasteiger partial charge on any atom is 0.255 e. The highest BCUT2D eigenvalue weighted by molar-refractivity contribution is 5.95. The molecule has 0 spiro atoms. The molecule has 5 heteroatoms. The van der Waals surface area contributed by atoms with E-state index in [4.69, 9.17) is 4.42 Å². The average Bonchev–Trinajstić information content (AvgIpc) is 3.30. The Bertz CT molecular complexity index is 1030. The number of carbonyl (C=O) groups excluding carboxylic acids is 1. The molecule has 2 aromatic carbocycles. The molecule has 0 bridgehead atoms. The highest BCUT2D eigenvalue weighted by Crippen LogP contribution is 2.19. The molecule has 0 fully saturated rings. The molecule has 4 aromatic rings. The Balaban J connectivity index is 1.48. The lowest BCUT2D eigenvalue weighted by Crippen LogP contribution is -2.23. The van der Waals surface area contributed by atoms with E-state index in [1.165, 1.54) is 0 Å².